The molecule has 0 bridgehead atoms. The molecule has 0 saturated carbocycles. The molecule has 3 nitrogen and oxygen atoms in total. The summed E-state index contributed by atoms with van der Waals surface area (Å²) in [4.78, 5) is 11.0. The number of halogens is 1. The van der Waals surface area contributed by atoms with Gasteiger partial charge in [0, 0.05) is 5.69 Å². The van der Waals surface area contributed by atoms with E-state index in [-0.39, 0.29) is 17.8 Å². The van der Waals surface area contributed by atoms with Gasteiger partial charge in [-0.2, -0.15) is 0 Å². The Hall–Kier alpha value is -1.22. The molecular formula is C10H13ClN2O. The molecule has 4 heteroatoms. The van der Waals surface area contributed by atoms with E-state index in [1.54, 1.807) is 6.07 Å². The highest BCUT2D eigenvalue weighted by molar-refractivity contribution is 6.27. The maximum atomic E-state index is 11.0. The number of nitrogens with one attached hydrogen (secondary N) is 1. The molecule has 0 radical (unpaired) electrons. The summed E-state index contributed by atoms with van der Waals surface area (Å²) in [6.07, 6.45) is 0. The predicted octanol–water partition coefficient (Wildman–Crippen LogP) is 1.68. The smallest absolute Gasteiger partial charge is 0.235 e. The van der Waals surface area contributed by atoms with Gasteiger partial charge in [0.15, 0.2) is 0 Å². The Morgan fingerprint density at radius 1 is 1.64 bits per heavy atom. The lowest BCUT2D eigenvalue weighted by Gasteiger charge is -2.13. The van der Waals surface area contributed by atoms with Crippen LogP contribution in [0.15, 0.2) is 24.3 Å². The topological polar surface area (TPSA) is 55.1 Å². The molecule has 0 spiro atoms. The van der Waals surface area contributed by atoms with Crippen molar-refractivity contribution in [2.45, 2.75) is 13.0 Å². The Morgan fingerprint density at radius 2 is 2.36 bits per heavy atom. The Kier molecular flexibility index (Phi) is 3.77. The fraction of sp³-hybridized carbons (Fsp3) is 0.300. The number of amides is 1. The molecule has 0 aromatic heterocycles. The monoisotopic (exact) mass is 212 g/mol. The van der Waals surface area contributed by atoms with Gasteiger partial charge in [-0.05, 0) is 24.6 Å². The number of hydrogen-bond donors (Lipinski definition) is 2. The predicted molar refractivity (Wildman–Crippen MR) is 58.1 cm³/mol. The first-order valence-corrected chi connectivity index (χ1v) is 4.87. The van der Waals surface area contributed by atoms with Gasteiger partial charge in [-0.25, -0.2) is 0 Å². The summed E-state index contributed by atoms with van der Waals surface area (Å²) in [5, 5.41) is 2.75. The van der Waals surface area contributed by atoms with Crippen LogP contribution in [-0.4, -0.2) is 11.8 Å². The molecule has 1 aromatic rings. The van der Waals surface area contributed by atoms with Gasteiger partial charge in [0.2, 0.25) is 5.91 Å². The normalized spacial score (nSPS) is 12.1. The summed E-state index contributed by atoms with van der Waals surface area (Å²) >= 11 is 5.38. The van der Waals surface area contributed by atoms with Crippen molar-refractivity contribution in [1.82, 2.24) is 5.32 Å². The summed E-state index contributed by atoms with van der Waals surface area (Å²) in [6, 6.07) is 7.34. The van der Waals surface area contributed by atoms with Gasteiger partial charge in [-0.1, -0.05) is 12.1 Å². The van der Waals surface area contributed by atoms with Crippen molar-refractivity contribution in [3.63, 3.8) is 0 Å². The molecule has 14 heavy (non-hydrogen) atoms. The van der Waals surface area contributed by atoms with Gasteiger partial charge in [0.25, 0.3) is 0 Å². The van der Waals surface area contributed by atoms with E-state index in [1.165, 1.54) is 0 Å². The number of nitrogen functional groups attached to an aromatic ring is 1. The standard InChI is InChI=1S/C10H13ClN2O/c1-7(13-10(14)6-11)8-3-2-4-9(12)5-8/h2-5,7H,6,12H2,1H3,(H,13,14). The van der Waals surface area contributed by atoms with Gasteiger partial charge in [0.05, 0.1) is 6.04 Å². The highest BCUT2D eigenvalue weighted by atomic mass is 35.5. The first-order valence-electron chi connectivity index (χ1n) is 4.34. The fourth-order valence-corrected chi connectivity index (χ4v) is 1.27. The first kappa shape index (κ1) is 10.9. The number of hydrogen-bond acceptors (Lipinski definition) is 2. The average molecular weight is 213 g/mol. The van der Waals surface area contributed by atoms with Crippen LogP contribution in [-0.2, 0) is 4.79 Å². The lowest BCUT2D eigenvalue weighted by Crippen LogP contribution is -2.27. The third-order valence-corrected chi connectivity index (χ3v) is 2.15. The molecule has 0 aliphatic carbocycles. The van der Waals surface area contributed by atoms with Gasteiger partial charge < -0.3 is 11.1 Å². The zero-order chi connectivity index (χ0) is 10.6. The van der Waals surface area contributed by atoms with Gasteiger partial charge in [0.1, 0.15) is 5.88 Å². The van der Waals surface area contributed by atoms with Crippen molar-refractivity contribution in [2.24, 2.45) is 0 Å². The van der Waals surface area contributed by atoms with Crippen LogP contribution in [0.2, 0.25) is 0 Å². The molecule has 1 unspecified atom stereocenters. The SMILES string of the molecule is CC(NC(=O)CCl)c1cccc(N)c1. The highest BCUT2D eigenvalue weighted by Crippen LogP contribution is 2.14. The Balaban J connectivity index is 2.69. The second kappa shape index (κ2) is 4.86. The molecule has 0 fully saturated rings. The Morgan fingerprint density at radius 3 is 2.93 bits per heavy atom. The van der Waals surface area contributed by atoms with Crippen molar-refractivity contribution < 1.29 is 4.79 Å². The van der Waals surface area contributed by atoms with Gasteiger partial charge >= 0.3 is 0 Å². The molecule has 0 saturated heterocycles. The van der Waals surface area contributed by atoms with Crippen LogP contribution in [0.4, 0.5) is 5.69 Å². The number of alkyl halides is 1. The highest BCUT2D eigenvalue weighted by Gasteiger charge is 2.07. The molecule has 1 aromatic carbocycles. The molecule has 1 amide bonds. The van der Waals surface area contributed by atoms with E-state index in [0.29, 0.717) is 5.69 Å². The van der Waals surface area contributed by atoms with E-state index < -0.39 is 0 Å². The van der Waals surface area contributed by atoms with E-state index in [0.717, 1.165) is 5.56 Å². The number of carbonyl (C=O) groups excluding carboxylic acids is 1. The van der Waals surface area contributed by atoms with Crippen molar-refractivity contribution in [1.29, 1.82) is 0 Å². The van der Waals surface area contributed by atoms with Gasteiger partial charge in [-0.3, -0.25) is 4.79 Å². The van der Waals surface area contributed by atoms with Crippen molar-refractivity contribution in [3.05, 3.63) is 29.8 Å². The summed E-state index contributed by atoms with van der Waals surface area (Å²) in [6.45, 7) is 1.89. The van der Waals surface area contributed by atoms with E-state index in [1.807, 2.05) is 25.1 Å². The minimum absolute atomic E-state index is 0.0212. The lowest BCUT2D eigenvalue weighted by molar-refractivity contribution is -0.119. The van der Waals surface area contributed by atoms with Crippen LogP contribution in [0.3, 0.4) is 0 Å². The fourth-order valence-electron chi connectivity index (χ4n) is 1.19. The van der Waals surface area contributed by atoms with E-state index in [9.17, 15) is 4.79 Å². The molecular weight excluding hydrogens is 200 g/mol. The summed E-state index contributed by atoms with van der Waals surface area (Å²) in [5.41, 5.74) is 7.29. The average Bonchev–Trinajstić information content (AvgIpc) is 2.17. The lowest BCUT2D eigenvalue weighted by atomic mass is 10.1. The quantitative estimate of drug-likeness (QED) is 0.592. The van der Waals surface area contributed by atoms with Crippen LogP contribution in [0.1, 0.15) is 18.5 Å². The van der Waals surface area contributed by atoms with Crippen molar-refractivity contribution >= 4 is 23.2 Å². The third kappa shape index (κ3) is 2.92. The number of anilines is 1. The number of nitrogens with two attached hydrogens (primary N) is 1. The first-order chi connectivity index (χ1) is 6.63. The maximum Gasteiger partial charge on any atom is 0.235 e. The molecule has 0 aliphatic rings. The molecule has 1 atom stereocenters. The van der Waals surface area contributed by atoms with Crippen LogP contribution in [0.25, 0.3) is 0 Å². The Labute approximate surface area is 88.2 Å². The molecule has 76 valence electrons. The third-order valence-electron chi connectivity index (χ3n) is 1.91. The molecule has 0 aliphatic heterocycles. The van der Waals surface area contributed by atoms with Crippen LogP contribution >= 0.6 is 11.6 Å². The Bertz CT molecular complexity index is 328. The van der Waals surface area contributed by atoms with E-state index >= 15 is 0 Å². The van der Waals surface area contributed by atoms with Crippen LogP contribution in [0.5, 0.6) is 0 Å². The second-order valence-electron chi connectivity index (χ2n) is 3.09. The summed E-state index contributed by atoms with van der Waals surface area (Å²) < 4.78 is 0. The summed E-state index contributed by atoms with van der Waals surface area (Å²) in [5.74, 6) is -0.200. The van der Waals surface area contributed by atoms with Gasteiger partial charge in [-0.15, -0.1) is 11.6 Å². The number of rotatable bonds is 3. The zero-order valence-electron chi connectivity index (χ0n) is 7.96. The van der Waals surface area contributed by atoms with Crippen molar-refractivity contribution in [3.8, 4) is 0 Å². The molecule has 0 heterocycles. The molecule has 3 N–H and O–H groups in total. The minimum atomic E-state index is -0.179. The minimum Gasteiger partial charge on any atom is -0.399 e. The largest absolute Gasteiger partial charge is 0.399 e. The maximum absolute atomic E-state index is 11.0. The summed E-state index contributed by atoms with van der Waals surface area (Å²) in [7, 11) is 0. The van der Waals surface area contributed by atoms with E-state index in [4.69, 9.17) is 17.3 Å². The van der Waals surface area contributed by atoms with Crippen molar-refractivity contribution in [2.75, 3.05) is 11.6 Å². The second-order valence-corrected chi connectivity index (χ2v) is 3.36. The number of carbonyl (C=O) groups is 1. The van der Waals surface area contributed by atoms with Crippen LogP contribution < -0.4 is 11.1 Å². The zero-order valence-corrected chi connectivity index (χ0v) is 8.71. The number of benzene rings is 1. The van der Waals surface area contributed by atoms with E-state index in [2.05, 4.69) is 5.32 Å². The molecule has 1 rings (SSSR count). The van der Waals surface area contributed by atoms with Crippen LogP contribution in [0, 0.1) is 0 Å².